The quantitative estimate of drug-likeness (QED) is 0.0351. The van der Waals surface area contributed by atoms with E-state index in [9.17, 15) is 15.2 Å². The number of nitrogens with two attached hydrogens (primary N) is 3. The molecule has 0 unspecified atom stereocenters. The topological polar surface area (TPSA) is 267 Å². The van der Waals surface area contributed by atoms with Gasteiger partial charge in [-0.2, -0.15) is 15.2 Å². The summed E-state index contributed by atoms with van der Waals surface area (Å²) < 4.78 is 18.7. The van der Waals surface area contributed by atoms with Crippen molar-refractivity contribution in [2.45, 2.75) is 64.8 Å². The molecule has 0 radical (unpaired) electrons. The number of anilines is 4. The fourth-order valence-corrected chi connectivity index (χ4v) is 18.3. The van der Waals surface area contributed by atoms with Crippen LogP contribution in [0.1, 0.15) is 92.0 Å². The third kappa shape index (κ3) is 15.3. The van der Waals surface area contributed by atoms with Crippen molar-refractivity contribution in [3.05, 3.63) is 222 Å². The van der Waals surface area contributed by atoms with Crippen molar-refractivity contribution in [1.82, 2.24) is 35.2 Å². The Morgan fingerprint density at radius 1 is 0.622 bits per heavy atom. The van der Waals surface area contributed by atoms with Gasteiger partial charge in [-0.3, -0.25) is 0 Å². The number of alkyl carbamates (subject to hydrolysis) is 1. The first kappa shape index (κ1) is 68.0. The third-order valence-electron chi connectivity index (χ3n) is 16.5. The minimum Gasteiger partial charge on any atom is -0.459 e. The van der Waals surface area contributed by atoms with Crippen molar-refractivity contribution < 1.29 is 24.1 Å². The molecule has 0 atom stereocenters. The highest BCUT2D eigenvalue weighted by Crippen LogP contribution is 2.59. The Morgan fingerprint density at radius 3 is 1.59 bits per heavy atom. The molecule has 2 aliphatic carbocycles. The maximum Gasteiger partial charge on any atom is 0.407 e. The number of fused-ring (bicyclic) bond motifs is 8. The average Bonchev–Trinajstić information content (AvgIpc) is 1.57. The molecular weight excluding hydrogens is 1350 g/mol. The third-order valence-corrected chi connectivity index (χ3v) is 23.6. The number of carbonyl (C=O) groups is 1. The molecule has 14 rings (SSSR count). The fourth-order valence-electron chi connectivity index (χ4n) is 11.0. The maximum absolute atomic E-state index is 12.4. The molecule has 8 aromatic heterocycles. The summed E-state index contributed by atoms with van der Waals surface area (Å²) in [5.41, 5.74) is 28.7. The summed E-state index contributed by atoms with van der Waals surface area (Å²) in [4.78, 5) is 53.0. The number of hydrogen-bond donors (Lipinski definition) is 5. The van der Waals surface area contributed by atoms with E-state index in [2.05, 4.69) is 103 Å². The van der Waals surface area contributed by atoms with Gasteiger partial charge in [0.05, 0.1) is 65.5 Å². The normalized spacial score (nSPS) is 13.0. The van der Waals surface area contributed by atoms with Crippen LogP contribution in [0.5, 0.6) is 12.0 Å². The maximum atomic E-state index is 12.4. The Labute approximate surface area is 591 Å². The second-order valence-electron chi connectivity index (χ2n) is 24.0. The largest absolute Gasteiger partial charge is 0.459 e. The Morgan fingerprint density at radius 2 is 1.09 bits per heavy atom. The van der Waals surface area contributed by atoms with Crippen LogP contribution < -0.4 is 41.8 Å². The van der Waals surface area contributed by atoms with Crippen LogP contribution in [-0.4, -0.2) is 81.5 Å². The molecule has 19 nitrogen and oxygen atoms in total. The lowest BCUT2D eigenvalue weighted by Gasteiger charge is -2.20. The number of para-hydroxylation sites is 2. The molecule has 496 valence electrons. The summed E-state index contributed by atoms with van der Waals surface area (Å²) in [6.07, 6.45) is 6.59. The van der Waals surface area contributed by atoms with E-state index in [1.54, 1.807) is 92.5 Å². The number of rotatable bonds is 20. The molecule has 4 aromatic carbocycles. The number of nitriles is 1. The number of aromatic nitrogens is 6. The van der Waals surface area contributed by atoms with Crippen LogP contribution in [0.4, 0.5) is 26.4 Å². The van der Waals surface area contributed by atoms with Gasteiger partial charge in [0.25, 0.3) is 0 Å². The zero-order valence-corrected chi connectivity index (χ0v) is 59.3. The highest BCUT2D eigenvalue weighted by Gasteiger charge is 2.41. The summed E-state index contributed by atoms with van der Waals surface area (Å²) in [5, 5.41) is 25.9. The van der Waals surface area contributed by atoms with E-state index in [0.717, 1.165) is 67.5 Å². The summed E-state index contributed by atoms with van der Waals surface area (Å²) >= 11 is 10.1. The molecule has 0 fully saturated rings. The molecule has 8 heterocycles. The minimum atomic E-state index is -0.467. The van der Waals surface area contributed by atoms with Crippen LogP contribution in [-0.2, 0) is 41.9 Å². The molecule has 0 aliphatic heterocycles. The summed E-state index contributed by atoms with van der Waals surface area (Å²) in [6, 6.07) is 46.6. The summed E-state index contributed by atoms with van der Waals surface area (Å²) in [5.74, 6) is 0.747. The monoisotopic (exact) mass is 1410 g/mol. The number of hydrogen-bond acceptors (Lipinski definition) is 23. The van der Waals surface area contributed by atoms with Gasteiger partial charge in [-0.15, -0.1) is 68.0 Å². The lowest BCUT2D eigenvalue weighted by Crippen LogP contribution is -2.28. The van der Waals surface area contributed by atoms with Gasteiger partial charge in [0.1, 0.15) is 47.5 Å². The second-order valence-corrected chi connectivity index (χ2v) is 30.3. The Kier molecular flexibility index (Phi) is 20.7. The first-order chi connectivity index (χ1) is 47.4. The zero-order valence-electron chi connectivity index (χ0n) is 54.4. The molecule has 0 spiro atoms. The predicted octanol–water partition coefficient (Wildman–Crippen LogP) is 15.8. The van der Waals surface area contributed by atoms with Crippen LogP contribution >= 0.6 is 68.0 Å². The lowest BCUT2D eigenvalue weighted by molar-refractivity contribution is 0.148. The number of thiazole rings is 2. The molecule has 25 heteroatoms. The van der Waals surface area contributed by atoms with Crippen molar-refractivity contribution in [2.24, 2.45) is 5.73 Å². The van der Waals surface area contributed by atoms with Gasteiger partial charge in [-0.25, -0.2) is 29.6 Å². The SMILES string of the molecule is CN(CCOC(=O)NCc1ccc(COc2nccc(N)n2)cc1)c1cc2c(s1)-c1sc(/C=C(/C#N)c3nc4ccccc4s3)cc1C2(C)C.NCc1ccc(COc2nccc(N)n2)cc1.[C-]#[N+]/C(=C\c1cc2c(s1)-c1sc(N(C)CCO)cc1C2(C)C)c1nc2ccccc2s1. The van der Waals surface area contributed by atoms with Gasteiger partial charge in [0, 0.05) is 76.5 Å². The van der Waals surface area contributed by atoms with Crippen molar-refractivity contribution in [1.29, 1.82) is 5.26 Å². The number of aliphatic hydroxyl groups is 1. The number of aliphatic hydroxyl groups excluding tert-OH is 1. The first-order valence-electron chi connectivity index (χ1n) is 31.1. The Hall–Kier alpha value is -9.93. The number of benzene rings is 4. The van der Waals surface area contributed by atoms with Gasteiger partial charge >= 0.3 is 18.1 Å². The van der Waals surface area contributed by atoms with E-state index in [0.29, 0.717) is 62.3 Å². The van der Waals surface area contributed by atoms with Crippen LogP contribution in [0.2, 0.25) is 0 Å². The number of nitrogens with one attached hydrogen (secondary N) is 1. The number of amides is 1. The zero-order chi connectivity index (χ0) is 68.7. The average molecular weight is 1410 g/mol. The minimum absolute atomic E-state index is 0.0732. The molecule has 8 N–H and O–H groups in total. The van der Waals surface area contributed by atoms with E-state index in [1.165, 1.54) is 46.8 Å². The summed E-state index contributed by atoms with van der Waals surface area (Å²) in [7, 11) is 4.04. The highest BCUT2D eigenvalue weighted by molar-refractivity contribution is 7.26. The number of nitrogen functional groups attached to an aromatic ring is 2. The van der Waals surface area contributed by atoms with Gasteiger partial charge in [-0.05, 0) is 117 Å². The molecule has 0 saturated carbocycles. The number of likely N-dealkylation sites (N-methyl/N-ethyl adjacent to an activating group) is 2. The number of nitrogens with zero attached hydrogens (tertiary/aromatic N) is 10. The van der Waals surface area contributed by atoms with Crippen molar-refractivity contribution in [2.75, 3.05) is 61.7 Å². The number of allylic oxidation sites excluding steroid dienone is 1. The smallest absolute Gasteiger partial charge is 0.407 e. The molecule has 2 aliphatic rings. The van der Waals surface area contributed by atoms with E-state index in [-0.39, 0.29) is 36.1 Å². The fraction of sp³-hybridized carbons (Fsp3) is 0.219. The van der Waals surface area contributed by atoms with Gasteiger partial charge in [0.15, 0.2) is 0 Å². The van der Waals surface area contributed by atoms with E-state index < -0.39 is 6.09 Å². The molecule has 0 saturated heterocycles. The van der Waals surface area contributed by atoms with Gasteiger partial charge in [-0.1, -0.05) is 100 Å². The molecule has 98 heavy (non-hydrogen) atoms. The van der Waals surface area contributed by atoms with Crippen LogP contribution in [0, 0.1) is 17.9 Å². The summed E-state index contributed by atoms with van der Waals surface area (Å²) in [6.45, 7) is 19.9. The second kappa shape index (κ2) is 29.8. The van der Waals surface area contributed by atoms with Crippen LogP contribution in [0.15, 0.2) is 146 Å². The van der Waals surface area contributed by atoms with Crippen LogP contribution in [0.25, 0.3) is 68.2 Å². The number of thiophene rings is 4. The number of carbonyl (C=O) groups excluding carboxylic acids is 1. The van der Waals surface area contributed by atoms with Gasteiger partial charge < -0.3 is 51.6 Å². The predicted molar refractivity (Wildman–Crippen MR) is 401 cm³/mol. The van der Waals surface area contributed by atoms with Gasteiger partial charge in [0.2, 0.25) is 5.70 Å². The van der Waals surface area contributed by atoms with E-state index >= 15 is 0 Å². The molecule has 0 bridgehead atoms. The van der Waals surface area contributed by atoms with Crippen LogP contribution in [0.3, 0.4) is 0 Å². The first-order valence-corrected chi connectivity index (χ1v) is 36.0. The van der Waals surface area contributed by atoms with Crippen molar-refractivity contribution in [3.8, 4) is 37.6 Å². The Balaban J connectivity index is 0.000000160. The molecular formula is C73H68N14O5S6. The lowest BCUT2D eigenvalue weighted by atomic mass is 9.84. The number of ether oxygens (including phenoxy) is 3. The standard InChI is InChI=1S/C37H33N7O3S3.C24H21N3OS3.C12H14N4O/c1-37(2)26-17-25(16-24(19-38)34-42-28-6-4-5-7-29(28)49-34)48-32(26)33-27(37)18-31(50-33)44(3)14-15-46-36(45)41-20-22-8-10-23(11-9-22)21-47-35-40-13-12-30(39)43-35;1-24(2)15-11-14(12-18(25-3)23-26-17-7-5-6-8-19(17)30-23)29-21(15)22-16(24)13-20(31-22)27(4)9-10-28;13-7-9-1-3-10(4-2-9)8-17-12-15-6-5-11(14)16-12/h4-13,16-18H,14-15,20-21H2,1-3H3,(H,41,45)(H2,39,40,43);5-8,11-13,28H,9-10H2,1-2,4H3;1-6H,7-8,13H2,(H2,14,15,16)/b24-16-;18-12-;. The van der Waals surface area contributed by atoms with Crippen molar-refractivity contribution in [3.63, 3.8) is 0 Å². The highest BCUT2D eigenvalue weighted by atomic mass is 32.1. The van der Waals surface area contributed by atoms with Crippen molar-refractivity contribution >= 4 is 140 Å². The molecule has 12 aromatic rings. The van der Waals surface area contributed by atoms with E-state index in [4.69, 9.17) is 43.0 Å². The Bertz CT molecular complexity index is 4940. The molecule has 1 amide bonds. The van der Waals surface area contributed by atoms with E-state index in [1.807, 2.05) is 123 Å².